The maximum Gasteiger partial charge on any atom is 0.260 e. The summed E-state index contributed by atoms with van der Waals surface area (Å²) in [6.07, 6.45) is 0.986. The molecule has 1 heterocycles. The van der Waals surface area contributed by atoms with Gasteiger partial charge in [-0.1, -0.05) is 19.9 Å². The number of hydrogen-bond acceptors (Lipinski definition) is 3. The number of aromatic nitrogens is 2. The molecule has 1 aromatic carbocycles. The molecule has 0 unspecified atom stereocenters. The predicted molar refractivity (Wildman–Crippen MR) is 72.3 cm³/mol. The molecule has 19 heavy (non-hydrogen) atoms. The minimum atomic E-state index is -0.644. The number of ether oxygens (including phenoxy) is 1. The zero-order chi connectivity index (χ0) is 14.0. The predicted octanol–water partition coefficient (Wildman–Crippen LogP) is 4.49. The first-order valence-electron chi connectivity index (χ1n) is 5.94. The smallest absolute Gasteiger partial charge is 0.260 e. The summed E-state index contributed by atoms with van der Waals surface area (Å²) < 4.78 is 18.8. The van der Waals surface area contributed by atoms with Gasteiger partial charge in [0.05, 0.1) is 6.20 Å². The lowest BCUT2D eigenvalue weighted by atomic mass is 9.98. The summed E-state index contributed by atoms with van der Waals surface area (Å²) in [7, 11) is 0. The normalized spacial score (nSPS) is 10.8. The third kappa shape index (κ3) is 3.20. The third-order valence-corrected chi connectivity index (χ3v) is 2.94. The van der Waals surface area contributed by atoms with Gasteiger partial charge in [-0.15, -0.1) is 0 Å². The van der Waals surface area contributed by atoms with Crippen LogP contribution >= 0.6 is 11.6 Å². The van der Waals surface area contributed by atoms with Crippen molar-refractivity contribution in [2.24, 2.45) is 0 Å². The van der Waals surface area contributed by atoms with E-state index < -0.39 is 5.82 Å². The van der Waals surface area contributed by atoms with Crippen LogP contribution < -0.4 is 4.74 Å². The fourth-order valence-electron chi connectivity index (χ4n) is 1.87. The molecular weight excluding hydrogens is 267 g/mol. The van der Waals surface area contributed by atoms with Crippen molar-refractivity contribution in [3.8, 4) is 11.6 Å². The minimum absolute atomic E-state index is 0.0491. The first-order chi connectivity index (χ1) is 8.97. The highest BCUT2D eigenvalue weighted by molar-refractivity contribution is 6.28. The fraction of sp³-hybridized carbons (Fsp3) is 0.286. The van der Waals surface area contributed by atoms with E-state index in [1.165, 1.54) is 5.56 Å². The zero-order valence-corrected chi connectivity index (χ0v) is 11.7. The van der Waals surface area contributed by atoms with Crippen LogP contribution in [0, 0.1) is 12.7 Å². The Kier molecular flexibility index (Phi) is 4.00. The molecule has 1 aromatic heterocycles. The Morgan fingerprint density at radius 1 is 1.32 bits per heavy atom. The number of rotatable bonds is 3. The average molecular weight is 281 g/mol. The lowest BCUT2D eigenvalue weighted by Crippen LogP contribution is -1.96. The van der Waals surface area contributed by atoms with Crippen LogP contribution in [0.2, 0.25) is 5.28 Å². The van der Waals surface area contributed by atoms with Crippen molar-refractivity contribution in [2.45, 2.75) is 26.7 Å². The second kappa shape index (κ2) is 5.53. The van der Waals surface area contributed by atoms with Gasteiger partial charge in [0, 0.05) is 0 Å². The molecule has 0 radical (unpaired) electrons. The maximum absolute atomic E-state index is 13.5. The second-order valence-corrected chi connectivity index (χ2v) is 4.91. The molecule has 0 atom stereocenters. The Morgan fingerprint density at radius 2 is 2.05 bits per heavy atom. The number of halogens is 2. The molecule has 2 rings (SSSR count). The maximum atomic E-state index is 13.5. The molecule has 100 valence electrons. The quantitative estimate of drug-likeness (QED) is 0.777. The van der Waals surface area contributed by atoms with Crippen LogP contribution in [0.5, 0.6) is 11.6 Å². The Hall–Kier alpha value is -1.68. The van der Waals surface area contributed by atoms with Gasteiger partial charge in [-0.25, -0.2) is 4.98 Å². The molecule has 5 heteroatoms. The SMILES string of the molecule is Cc1cc(Oc2nc(Cl)ncc2F)ccc1C(C)C. The highest BCUT2D eigenvalue weighted by atomic mass is 35.5. The van der Waals surface area contributed by atoms with Crippen LogP contribution in [0.1, 0.15) is 30.9 Å². The molecule has 0 aliphatic heterocycles. The van der Waals surface area contributed by atoms with Gasteiger partial charge in [-0.3, -0.25) is 0 Å². The summed E-state index contributed by atoms with van der Waals surface area (Å²) in [5, 5.41) is -0.0491. The van der Waals surface area contributed by atoms with Gasteiger partial charge < -0.3 is 4.74 Å². The van der Waals surface area contributed by atoms with Crippen molar-refractivity contribution in [1.82, 2.24) is 9.97 Å². The highest BCUT2D eigenvalue weighted by Crippen LogP contribution is 2.27. The number of aryl methyl sites for hydroxylation is 1. The van der Waals surface area contributed by atoms with E-state index in [2.05, 4.69) is 23.8 Å². The Bertz CT molecular complexity index is 602. The Labute approximate surface area is 116 Å². The summed E-state index contributed by atoms with van der Waals surface area (Å²) in [5.74, 6) is 0.140. The van der Waals surface area contributed by atoms with Crippen molar-refractivity contribution >= 4 is 11.6 Å². The lowest BCUT2D eigenvalue weighted by Gasteiger charge is -2.12. The van der Waals surface area contributed by atoms with E-state index in [9.17, 15) is 4.39 Å². The highest BCUT2D eigenvalue weighted by Gasteiger charge is 2.10. The first-order valence-corrected chi connectivity index (χ1v) is 6.31. The van der Waals surface area contributed by atoms with Crippen LogP contribution in [0.15, 0.2) is 24.4 Å². The average Bonchev–Trinajstić information content (AvgIpc) is 2.33. The fourth-order valence-corrected chi connectivity index (χ4v) is 2.00. The number of nitrogens with zero attached hydrogens (tertiary/aromatic N) is 2. The summed E-state index contributed by atoms with van der Waals surface area (Å²) in [6.45, 7) is 6.23. The molecule has 0 aliphatic rings. The van der Waals surface area contributed by atoms with Crippen LogP contribution in [-0.2, 0) is 0 Å². The molecule has 0 aliphatic carbocycles. The molecule has 3 nitrogen and oxygen atoms in total. The molecule has 0 amide bonds. The molecular formula is C14H14ClFN2O. The number of hydrogen-bond donors (Lipinski definition) is 0. The second-order valence-electron chi connectivity index (χ2n) is 4.57. The van der Waals surface area contributed by atoms with E-state index in [4.69, 9.17) is 16.3 Å². The van der Waals surface area contributed by atoms with Gasteiger partial charge in [-0.2, -0.15) is 9.37 Å². The van der Waals surface area contributed by atoms with Crippen molar-refractivity contribution in [2.75, 3.05) is 0 Å². The molecule has 0 fully saturated rings. The largest absolute Gasteiger partial charge is 0.436 e. The van der Waals surface area contributed by atoms with Crippen LogP contribution in [0.3, 0.4) is 0 Å². The molecule has 0 bridgehead atoms. The van der Waals surface area contributed by atoms with Gasteiger partial charge in [0.2, 0.25) is 11.1 Å². The third-order valence-electron chi connectivity index (χ3n) is 2.76. The van der Waals surface area contributed by atoms with Crippen molar-refractivity contribution < 1.29 is 9.13 Å². The molecule has 2 aromatic rings. The minimum Gasteiger partial charge on any atom is -0.436 e. The summed E-state index contributed by atoms with van der Waals surface area (Å²) in [6, 6.07) is 5.61. The van der Waals surface area contributed by atoms with E-state index in [0.29, 0.717) is 11.7 Å². The molecule has 0 N–H and O–H groups in total. The molecule has 0 saturated carbocycles. The number of benzene rings is 1. The van der Waals surface area contributed by atoms with Gasteiger partial charge >= 0.3 is 0 Å². The van der Waals surface area contributed by atoms with E-state index in [1.54, 1.807) is 6.07 Å². The standard InChI is InChI=1S/C14H14ClFN2O/c1-8(2)11-5-4-10(6-9(11)3)19-13-12(16)7-17-14(15)18-13/h4-8H,1-3H3. The van der Waals surface area contributed by atoms with Crippen molar-refractivity contribution in [3.05, 3.63) is 46.6 Å². The molecule has 0 saturated heterocycles. The van der Waals surface area contributed by atoms with Gasteiger partial charge in [0.1, 0.15) is 5.75 Å². The van der Waals surface area contributed by atoms with Gasteiger partial charge in [-0.05, 0) is 47.7 Å². The van der Waals surface area contributed by atoms with Crippen molar-refractivity contribution in [3.63, 3.8) is 0 Å². The first kappa shape index (κ1) is 13.7. The van der Waals surface area contributed by atoms with Crippen molar-refractivity contribution in [1.29, 1.82) is 0 Å². The summed E-state index contributed by atoms with van der Waals surface area (Å²) in [5.41, 5.74) is 2.32. The summed E-state index contributed by atoms with van der Waals surface area (Å²) >= 11 is 5.61. The van der Waals surface area contributed by atoms with Crippen LogP contribution in [0.4, 0.5) is 4.39 Å². The van der Waals surface area contributed by atoms with Gasteiger partial charge in [0.15, 0.2) is 0 Å². The summed E-state index contributed by atoms with van der Waals surface area (Å²) in [4.78, 5) is 7.25. The monoisotopic (exact) mass is 280 g/mol. The topological polar surface area (TPSA) is 35.0 Å². The van der Waals surface area contributed by atoms with E-state index in [1.807, 2.05) is 19.1 Å². The zero-order valence-electron chi connectivity index (χ0n) is 10.9. The van der Waals surface area contributed by atoms with Crippen LogP contribution in [0.25, 0.3) is 0 Å². The van der Waals surface area contributed by atoms with E-state index >= 15 is 0 Å². The van der Waals surface area contributed by atoms with E-state index in [-0.39, 0.29) is 11.2 Å². The molecule has 0 spiro atoms. The Morgan fingerprint density at radius 3 is 2.68 bits per heavy atom. The van der Waals surface area contributed by atoms with Crippen LogP contribution in [-0.4, -0.2) is 9.97 Å². The van der Waals surface area contributed by atoms with E-state index in [0.717, 1.165) is 11.8 Å². The van der Waals surface area contributed by atoms with Gasteiger partial charge in [0.25, 0.3) is 5.88 Å². The Balaban J connectivity index is 2.29. The lowest BCUT2D eigenvalue weighted by molar-refractivity contribution is 0.419.